The number of phosphoric ester groups is 3. The molecule has 3 aromatic rings. The van der Waals surface area contributed by atoms with Crippen molar-refractivity contribution >= 4 is 74.9 Å². The van der Waals surface area contributed by atoms with Gasteiger partial charge in [0.05, 0.1) is 26.0 Å². The van der Waals surface area contributed by atoms with Gasteiger partial charge in [-0.2, -0.15) is 4.31 Å². The van der Waals surface area contributed by atoms with Crippen molar-refractivity contribution in [1.82, 2.24) is 30.2 Å². The Labute approximate surface area is 351 Å². The molecule has 0 saturated carbocycles. The highest BCUT2D eigenvalue weighted by molar-refractivity contribution is 8.13. The molecule has 0 spiro atoms. The number of nitrogens with two attached hydrogens (primary N) is 1. The molecule has 1 saturated heterocycles. The Morgan fingerprint density at radius 2 is 1.67 bits per heavy atom. The standard InChI is InChI=1S/C32H46N7O18P3S/c1-32(2,27(44)30(45)35-11-10-22(41)34-12-13-61-23(42)14-20(40)9-8-19-6-4-3-5-7-19)16-54-60(51,52)57-59(49,50)53-15-21-26(56-58(46,47)48)25(43)31(55-21)39-18-38-24-28(33)36-17-37-29(24)39/h3-7,17-18,21,25-27,31,43-44H,8-16H2,1-2H3,(H,34,41)(H,35,45)(H,49,50)(H,51,52)(H2,33,36,37)(H2,46,47,48)/t21-,25-,26-,27+,31-/m1/s1. The van der Waals surface area contributed by atoms with Gasteiger partial charge in [-0.25, -0.2) is 28.6 Å². The van der Waals surface area contributed by atoms with E-state index in [0.29, 0.717) is 6.42 Å². The zero-order valence-corrected chi connectivity index (χ0v) is 36.0. The van der Waals surface area contributed by atoms with Crippen LogP contribution in [0, 0.1) is 5.41 Å². The van der Waals surface area contributed by atoms with Gasteiger partial charge in [0, 0.05) is 37.1 Å². The summed E-state index contributed by atoms with van der Waals surface area (Å²) in [4.78, 5) is 100. The van der Waals surface area contributed by atoms with Crippen molar-refractivity contribution in [1.29, 1.82) is 0 Å². The van der Waals surface area contributed by atoms with Gasteiger partial charge in [0.25, 0.3) is 0 Å². The fraction of sp³-hybridized carbons (Fsp3) is 0.531. The number of nitrogens with one attached hydrogen (secondary N) is 2. The zero-order valence-electron chi connectivity index (χ0n) is 32.5. The van der Waals surface area contributed by atoms with Crippen LogP contribution in [0.15, 0.2) is 43.0 Å². The average Bonchev–Trinajstić information content (AvgIpc) is 3.74. The molecule has 29 heteroatoms. The lowest BCUT2D eigenvalue weighted by molar-refractivity contribution is -0.137. The quantitative estimate of drug-likeness (QED) is 0.0330. The summed E-state index contributed by atoms with van der Waals surface area (Å²) in [5, 5.41) is 26.0. The lowest BCUT2D eigenvalue weighted by atomic mass is 9.87. The second-order valence-electron chi connectivity index (χ2n) is 14.0. The number of aromatic nitrogens is 4. The smallest absolute Gasteiger partial charge is 0.386 e. The van der Waals surface area contributed by atoms with Crippen LogP contribution in [-0.4, -0.2) is 128 Å². The predicted octanol–water partition coefficient (Wildman–Crippen LogP) is 0.257. The second kappa shape index (κ2) is 21.7. The van der Waals surface area contributed by atoms with Crippen LogP contribution in [0.4, 0.5) is 5.82 Å². The van der Waals surface area contributed by atoms with Crippen LogP contribution in [0.2, 0.25) is 0 Å². The third kappa shape index (κ3) is 15.6. The van der Waals surface area contributed by atoms with Gasteiger partial charge in [0.15, 0.2) is 22.8 Å². The number of nitrogens with zero attached hydrogens (tertiary/aromatic N) is 4. The summed E-state index contributed by atoms with van der Waals surface area (Å²) in [6.45, 7) is 0.281. The van der Waals surface area contributed by atoms with Gasteiger partial charge < -0.3 is 50.9 Å². The van der Waals surface area contributed by atoms with Gasteiger partial charge >= 0.3 is 23.5 Å². The number of phosphoric acid groups is 3. The molecule has 0 aliphatic carbocycles. The number of imidazole rings is 1. The first-order valence-corrected chi connectivity index (χ1v) is 23.6. The van der Waals surface area contributed by atoms with Crippen molar-refractivity contribution in [2.45, 2.75) is 70.2 Å². The maximum atomic E-state index is 12.7. The highest BCUT2D eigenvalue weighted by Gasteiger charge is 2.50. The number of carbonyl (C=O) groups is 4. The second-order valence-corrected chi connectivity index (χ2v) is 19.4. The molecule has 10 N–H and O–H groups in total. The number of thioether (sulfide) groups is 1. The summed E-state index contributed by atoms with van der Waals surface area (Å²) in [5.74, 6) is -1.54. The molecule has 1 aromatic carbocycles. The molecular formula is C32H46N7O18P3S. The fourth-order valence-corrected chi connectivity index (χ4v) is 9.05. The topological polar surface area (TPSA) is 381 Å². The molecule has 4 rings (SSSR count). The molecular weight excluding hydrogens is 895 g/mol. The normalized spacial score (nSPS) is 20.7. The molecule has 2 amide bonds. The number of Topliss-reactive ketones (excluding diaryl/α,β-unsaturated/α-hetero) is 1. The first-order valence-electron chi connectivity index (χ1n) is 18.1. The number of hydrogen-bond donors (Lipinski definition) is 9. The minimum atomic E-state index is -5.59. The molecule has 25 nitrogen and oxygen atoms in total. The molecule has 338 valence electrons. The van der Waals surface area contributed by atoms with Crippen molar-refractivity contribution in [3.63, 3.8) is 0 Å². The number of rotatable bonds is 24. The number of nitrogen functional groups attached to an aromatic ring is 1. The Kier molecular flexibility index (Phi) is 17.8. The Morgan fingerprint density at radius 3 is 2.36 bits per heavy atom. The van der Waals surface area contributed by atoms with E-state index in [1.807, 2.05) is 30.3 Å². The van der Waals surface area contributed by atoms with E-state index < -0.39 is 84.6 Å². The van der Waals surface area contributed by atoms with Gasteiger partial charge in [-0.3, -0.25) is 37.3 Å². The van der Waals surface area contributed by atoms with Crippen molar-refractivity contribution in [3.05, 3.63) is 48.5 Å². The summed E-state index contributed by atoms with van der Waals surface area (Å²) in [6.07, 6.45) is -6.52. The number of aliphatic hydroxyl groups is 2. The van der Waals surface area contributed by atoms with E-state index in [1.165, 1.54) is 13.8 Å². The molecule has 2 aromatic heterocycles. The highest BCUT2D eigenvalue weighted by Crippen LogP contribution is 2.61. The molecule has 0 radical (unpaired) electrons. The van der Waals surface area contributed by atoms with Gasteiger partial charge in [0.1, 0.15) is 42.0 Å². The molecule has 2 unspecified atom stereocenters. The van der Waals surface area contributed by atoms with Crippen LogP contribution in [0.25, 0.3) is 11.2 Å². The number of anilines is 1. The SMILES string of the molecule is CC(C)(COP(=O)(O)OP(=O)(O)OC[C@H]1O[C@@H](n2cnc3c(N)ncnc32)[C@H](O)[C@@H]1OP(=O)(O)O)[C@@H](O)C(=O)NCCC(=O)NCCSC(=O)CC(=O)CCc1ccccc1. The Balaban J connectivity index is 1.17. The summed E-state index contributed by atoms with van der Waals surface area (Å²) in [6, 6.07) is 9.37. The molecule has 1 aliphatic heterocycles. The van der Waals surface area contributed by atoms with Crippen LogP contribution in [0.3, 0.4) is 0 Å². The van der Waals surface area contributed by atoms with E-state index >= 15 is 0 Å². The largest absolute Gasteiger partial charge is 0.481 e. The van der Waals surface area contributed by atoms with Crippen LogP contribution >= 0.6 is 35.2 Å². The molecule has 7 atom stereocenters. The number of amides is 2. The van der Waals surface area contributed by atoms with Gasteiger partial charge in [-0.05, 0) is 12.0 Å². The Hall–Kier alpha value is -3.55. The van der Waals surface area contributed by atoms with E-state index in [-0.39, 0.29) is 66.0 Å². The highest BCUT2D eigenvalue weighted by atomic mass is 32.2. The lowest BCUT2D eigenvalue weighted by Crippen LogP contribution is -2.46. The monoisotopic (exact) mass is 941 g/mol. The third-order valence-corrected chi connectivity index (χ3v) is 12.6. The maximum absolute atomic E-state index is 12.7. The van der Waals surface area contributed by atoms with Crippen molar-refractivity contribution in [3.8, 4) is 0 Å². The van der Waals surface area contributed by atoms with Crippen LogP contribution in [-0.2, 0) is 61.9 Å². The van der Waals surface area contributed by atoms with E-state index in [0.717, 1.165) is 34.5 Å². The predicted molar refractivity (Wildman–Crippen MR) is 211 cm³/mol. The van der Waals surface area contributed by atoms with E-state index in [1.54, 1.807) is 0 Å². The molecule has 0 bridgehead atoms. The van der Waals surface area contributed by atoms with E-state index in [2.05, 4.69) is 34.4 Å². The van der Waals surface area contributed by atoms with Crippen LogP contribution < -0.4 is 16.4 Å². The Bertz CT molecular complexity index is 2160. The first-order chi connectivity index (χ1) is 28.5. The number of aryl methyl sites for hydroxylation is 1. The number of aliphatic hydroxyl groups excluding tert-OH is 2. The number of ether oxygens (including phenoxy) is 1. The number of fused-ring (bicyclic) bond motifs is 1. The van der Waals surface area contributed by atoms with Crippen LogP contribution in [0.1, 0.15) is 44.9 Å². The fourth-order valence-electron chi connectivity index (χ4n) is 5.52. The molecule has 1 aliphatic rings. The molecule has 61 heavy (non-hydrogen) atoms. The lowest BCUT2D eigenvalue weighted by Gasteiger charge is -2.30. The summed E-state index contributed by atoms with van der Waals surface area (Å²) in [7, 11) is -16.4. The third-order valence-electron chi connectivity index (χ3n) is 8.64. The number of carbonyl (C=O) groups excluding carboxylic acids is 4. The van der Waals surface area contributed by atoms with E-state index in [9.17, 15) is 62.7 Å². The first kappa shape index (κ1) is 50.1. The Morgan fingerprint density at radius 1 is 0.984 bits per heavy atom. The average molecular weight is 942 g/mol. The summed E-state index contributed by atoms with van der Waals surface area (Å²) >= 11 is 0.899. The maximum Gasteiger partial charge on any atom is 0.481 e. The number of hydrogen-bond acceptors (Lipinski definition) is 19. The van der Waals surface area contributed by atoms with Crippen LogP contribution in [0.5, 0.6) is 0 Å². The number of benzene rings is 1. The summed E-state index contributed by atoms with van der Waals surface area (Å²) in [5.41, 5.74) is 5.21. The van der Waals surface area contributed by atoms with Gasteiger partial charge in [0.2, 0.25) is 11.8 Å². The van der Waals surface area contributed by atoms with Crippen molar-refractivity contribution < 1.29 is 85.3 Å². The minimum absolute atomic E-state index is 0.0231. The summed E-state index contributed by atoms with van der Waals surface area (Å²) < 4.78 is 62.2. The minimum Gasteiger partial charge on any atom is -0.386 e. The number of ketones is 1. The molecule has 1 fully saturated rings. The van der Waals surface area contributed by atoms with Crippen molar-refractivity contribution in [2.75, 3.05) is 37.8 Å². The van der Waals surface area contributed by atoms with Gasteiger partial charge in [-0.15, -0.1) is 0 Å². The van der Waals surface area contributed by atoms with Crippen molar-refractivity contribution in [2.24, 2.45) is 5.41 Å². The van der Waals surface area contributed by atoms with Gasteiger partial charge in [-0.1, -0.05) is 55.9 Å². The van der Waals surface area contributed by atoms with E-state index in [4.69, 9.17) is 19.5 Å². The molecule has 3 heterocycles. The zero-order chi connectivity index (χ0) is 45.2.